The molecule has 1 atom stereocenters. The molecule has 0 spiro atoms. The number of fused-ring (bicyclic) bond motifs is 2. The van der Waals surface area contributed by atoms with Crippen LogP contribution in [-0.2, 0) is 11.2 Å². The molecule has 0 saturated heterocycles. The summed E-state index contributed by atoms with van der Waals surface area (Å²) < 4.78 is 16.8. The Morgan fingerprint density at radius 2 is 1.80 bits per heavy atom. The summed E-state index contributed by atoms with van der Waals surface area (Å²) in [5.41, 5.74) is 4.28. The number of thiazole rings is 1. The van der Waals surface area contributed by atoms with E-state index in [2.05, 4.69) is 10.3 Å². The molecule has 7 nitrogen and oxygen atoms in total. The molecule has 2 aliphatic heterocycles. The van der Waals surface area contributed by atoms with Crippen molar-refractivity contribution in [1.29, 1.82) is 0 Å². The van der Waals surface area contributed by atoms with Gasteiger partial charge in [0.25, 0.3) is 5.91 Å². The minimum atomic E-state index is -0.379. The fraction of sp³-hybridized carbons (Fsp3) is 0.148. The largest absolute Gasteiger partial charge is 0.486 e. The SMILES string of the molecule is O=C(Nc1nc(-c2ccc3c(c2)OCCO3)cs1)c1ccc2c(c1)C[C@H](c1ccccc1)OC2=O. The Morgan fingerprint density at radius 3 is 2.66 bits per heavy atom. The Bertz CT molecular complexity index is 1430. The van der Waals surface area contributed by atoms with Gasteiger partial charge in [-0.3, -0.25) is 10.1 Å². The number of amides is 1. The average molecular weight is 485 g/mol. The van der Waals surface area contributed by atoms with Crippen LogP contribution < -0.4 is 14.8 Å². The first-order valence-corrected chi connectivity index (χ1v) is 12.1. The summed E-state index contributed by atoms with van der Waals surface area (Å²) in [4.78, 5) is 30.1. The topological polar surface area (TPSA) is 86.8 Å². The smallest absolute Gasteiger partial charge is 0.339 e. The molecule has 3 aromatic carbocycles. The highest BCUT2D eigenvalue weighted by molar-refractivity contribution is 7.14. The molecule has 6 rings (SSSR count). The van der Waals surface area contributed by atoms with Gasteiger partial charge >= 0.3 is 5.97 Å². The van der Waals surface area contributed by atoms with Crippen molar-refractivity contribution < 1.29 is 23.8 Å². The summed E-state index contributed by atoms with van der Waals surface area (Å²) in [5, 5.41) is 5.24. The zero-order chi connectivity index (χ0) is 23.8. The highest BCUT2D eigenvalue weighted by Crippen LogP contribution is 2.36. The molecular weight excluding hydrogens is 464 g/mol. The summed E-state index contributed by atoms with van der Waals surface area (Å²) in [6, 6.07) is 20.3. The molecule has 0 saturated carbocycles. The van der Waals surface area contributed by atoms with Gasteiger partial charge in [0.05, 0.1) is 11.3 Å². The van der Waals surface area contributed by atoms with Crippen LogP contribution in [0.15, 0.2) is 72.1 Å². The Kier molecular flexibility index (Phi) is 5.42. The standard InChI is InChI=1S/C27H20N2O5S/c30-25(29-27-28-21(15-35-27)17-7-9-22-24(13-17)33-11-10-32-22)18-6-8-20-19(12-18)14-23(34-26(20)31)16-4-2-1-3-5-16/h1-9,12-13,15,23H,10-11,14H2,(H,28,29,30)/t23-/m1/s1. The number of esters is 1. The molecule has 8 heteroatoms. The molecule has 0 fully saturated rings. The van der Waals surface area contributed by atoms with E-state index in [4.69, 9.17) is 14.2 Å². The maximum atomic E-state index is 13.0. The fourth-order valence-electron chi connectivity index (χ4n) is 4.23. The highest BCUT2D eigenvalue weighted by atomic mass is 32.1. The first kappa shape index (κ1) is 21.4. The van der Waals surface area contributed by atoms with Crippen LogP contribution in [0.4, 0.5) is 5.13 Å². The van der Waals surface area contributed by atoms with Crippen LogP contribution in [0, 0.1) is 0 Å². The molecule has 3 heterocycles. The number of hydrogen-bond donors (Lipinski definition) is 1. The van der Waals surface area contributed by atoms with Crippen molar-refractivity contribution in [3.8, 4) is 22.8 Å². The van der Waals surface area contributed by atoms with Gasteiger partial charge in [-0.1, -0.05) is 30.3 Å². The normalized spacial score (nSPS) is 16.2. The Morgan fingerprint density at radius 1 is 0.971 bits per heavy atom. The third kappa shape index (κ3) is 4.24. The summed E-state index contributed by atoms with van der Waals surface area (Å²) in [7, 11) is 0. The van der Waals surface area contributed by atoms with Gasteiger partial charge in [0.15, 0.2) is 16.6 Å². The van der Waals surface area contributed by atoms with Crippen molar-refractivity contribution in [2.45, 2.75) is 12.5 Å². The van der Waals surface area contributed by atoms with Crippen molar-refractivity contribution >= 4 is 28.3 Å². The second-order valence-corrected chi connectivity index (χ2v) is 9.09. The number of nitrogens with one attached hydrogen (secondary N) is 1. The molecular formula is C27H20N2O5S. The van der Waals surface area contributed by atoms with Crippen LogP contribution in [-0.4, -0.2) is 30.1 Å². The van der Waals surface area contributed by atoms with Gasteiger partial charge in [-0.05, 0) is 47.5 Å². The van der Waals surface area contributed by atoms with Crippen LogP contribution in [0.3, 0.4) is 0 Å². The minimum absolute atomic E-state index is 0.286. The van der Waals surface area contributed by atoms with Crippen LogP contribution in [0.1, 0.15) is 37.9 Å². The van der Waals surface area contributed by atoms with Gasteiger partial charge in [-0.15, -0.1) is 11.3 Å². The van der Waals surface area contributed by atoms with E-state index in [9.17, 15) is 9.59 Å². The molecule has 0 bridgehead atoms. The number of aromatic nitrogens is 1. The summed E-state index contributed by atoms with van der Waals surface area (Å²) in [6.45, 7) is 1.05. The van der Waals surface area contributed by atoms with E-state index in [1.54, 1.807) is 18.2 Å². The molecule has 2 aliphatic rings. The van der Waals surface area contributed by atoms with Gasteiger partial charge < -0.3 is 14.2 Å². The third-order valence-corrected chi connectivity index (χ3v) is 6.73. The fourth-order valence-corrected chi connectivity index (χ4v) is 4.94. The van der Waals surface area contributed by atoms with Crippen molar-refractivity contribution in [1.82, 2.24) is 4.98 Å². The van der Waals surface area contributed by atoms with E-state index >= 15 is 0 Å². The zero-order valence-corrected chi connectivity index (χ0v) is 19.3. The Hall–Kier alpha value is -4.17. The maximum Gasteiger partial charge on any atom is 0.339 e. The van der Waals surface area contributed by atoms with E-state index in [1.165, 1.54) is 11.3 Å². The zero-order valence-electron chi connectivity index (χ0n) is 18.5. The van der Waals surface area contributed by atoms with E-state index in [-0.39, 0.29) is 18.0 Å². The van der Waals surface area contributed by atoms with Crippen LogP contribution in [0.2, 0.25) is 0 Å². The number of carbonyl (C=O) groups excluding carboxylic acids is 2. The van der Waals surface area contributed by atoms with Gasteiger partial charge in [-0.25, -0.2) is 9.78 Å². The van der Waals surface area contributed by atoms with Crippen molar-refractivity contribution in [3.63, 3.8) is 0 Å². The molecule has 1 aromatic heterocycles. The van der Waals surface area contributed by atoms with Crippen molar-refractivity contribution in [3.05, 3.63) is 94.4 Å². The minimum Gasteiger partial charge on any atom is -0.486 e. The highest BCUT2D eigenvalue weighted by Gasteiger charge is 2.28. The predicted molar refractivity (Wildman–Crippen MR) is 131 cm³/mol. The van der Waals surface area contributed by atoms with Gasteiger partial charge in [0.1, 0.15) is 19.3 Å². The lowest BCUT2D eigenvalue weighted by Crippen LogP contribution is -2.23. The Labute approximate surface area is 205 Å². The second kappa shape index (κ2) is 8.88. The molecule has 1 amide bonds. The number of benzene rings is 3. The van der Waals surface area contributed by atoms with Crippen molar-refractivity contribution in [2.75, 3.05) is 18.5 Å². The number of nitrogens with zero attached hydrogens (tertiary/aromatic N) is 1. The number of cyclic esters (lactones) is 1. The van der Waals surface area contributed by atoms with E-state index in [0.717, 1.165) is 28.1 Å². The van der Waals surface area contributed by atoms with Crippen molar-refractivity contribution in [2.24, 2.45) is 0 Å². The predicted octanol–water partition coefficient (Wildman–Crippen LogP) is 5.29. The molecule has 35 heavy (non-hydrogen) atoms. The molecule has 4 aromatic rings. The lowest BCUT2D eigenvalue weighted by Gasteiger charge is -2.25. The molecule has 174 valence electrons. The quantitative estimate of drug-likeness (QED) is 0.396. The van der Waals surface area contributed by atoms with E-state index < -0.39 is 0 Å². The first-order chi connectivity index (χ1) is 17.1. The lowest BCUT2D eigenvalue weighted by atomic mass is 9.93. The summed E-state index contributed by atoms with van der Waals surface area (Å²) in [6.07, 6.45) is 0.139. The van der Waals surface area contributed by atoms with Gasteiger partial charge in [0, 0.05) is 22.9 Å². The molecule has 0 unspecified atom stereocenters. The first-order valence-electron chi connectivity index (χ1n) is 11.2. The Balaban J connectivity index is 1.19. The van der Waals surface area contributed by atoms with E-state index in [1.807, 2.05) is 53.9 Å². The second-order valence-electron chi connectivity index (χ2n) is 8.23. The lowest BCUT2D eigenvalue weighted by molar-refractivity contribution is 0.0252. The number of carbonyl (C=O) groups is 2. The van der Waals surface area contributed by atoms with Gasteiger partial charge in [-0.2, -0.15) is 0 Å². The third-order valence-electron chi connectivity index (χ3n) is 5.98. The van der Waals surface area contributed by atoms with Crippen LogP contribution >= 0.6 is 11.3 Å². The molecule has 1 N–H and O–H groups in total. The molecule has 0 radical (unpaired) electrons. The number of ether oxygens (including phenoxy) is 3. The van der Waals surface area contributed by atoms with E-state index in [0.29, 0.717) is 41.6 Å². The monoisotopic (exact) mass is 484 g/mol. The summed E-state index contributed by atoms with van der Waals surface area (Å²) >= 11 is 1.34. The molecule has 0 aliphatic carbocycles. The van der Waals surface area contributed by atoms with Gasteiger partial charge in [0.2, 0.25) is 0 Å². The summed E-state index contributed by atoms with van der Waals surface area (Å²) in [5.74, 6) is 0.741. The average Bonchev–Trinajstić information content (AvgIpc) is 3.37. The van der Waals surface area contributed by atoms with Crippen LogP contribution in [0.25, 0.3) is 11.3 Å². The number of rotatable bonds is 4. The van der Waals surface area contributed by atoms with Crippen LogP contribution in [0.5, 0.6) is 11.5 Å². The maximum absolute atomic E-state index is 13.0. The number of hydrogen-bond acceptors (Lipinski definition) is 7. The number of anilines is 1.